The van der Waals surface area contributed by atoms with Gasteiger partial charge in [-0.15, -0.1) is 0 Å². The highest BCUT2D eigenvalue weighted by Crippen LogP contribution is 2.56. The molecule has 0 aromatic heterocycles. The fourth-order valence-corrected chi connectivity index (χ4v) is 14.1. The van der Waals surface area contributed by atoms with Crippen LogP contribution in [0.3, 0.4) is 0 Å². The summed E-state index contributed by atoms with van der Waals surface area (Å²) in [5, 5.41) is 2.59. The van der Waals surface area contributed by atoms with E-state index in [0.717, 1.165) is 0 Å². The lowest BCUT2D eigenvalue weighted by molar-refractivity contribution is 0.591. The standard InChI is InChI=1S/C74H64/c1-70(2,3)53-26-18-44-34-43(16-17-45(44)35-53)46-19-28-56-57-30-22-49(39-65(57)72(6,7)64(56)36-46)50-23-32-60-61-33-25-52(42-69(61)74(10,11)68(60)40-50)51-24-31-59-58-29-21-48(38-66(58)73(8,9)67(59)41-51)47-20-27-55-54-14-12-13-15-62(54)71(4,5)63(55)37-47/h12-42H,1-11H3. The van der Waals surface area contributed by atoms with E-state index in [9.17, 15) is 0 Å². The van der Waals surface area contributed by atoms with Crippen LogP contribution in [-0.4, -0.2) is 0 Å². The number of fused-ring (bicyclic) bond motifs is 13. The van der Waals surface area contributed by atoms with Crippen LogP contribution in [0, 0.1) is 0 Å². The summed E-state index contributed by atoms with van der Waals surface area (Å²) in [5.41, 5.74) is 33.4. The van der Waals surface area contributed by atoms with Crippen LogP contribution >= 0.6 is 0 Å². The number of hydrogen-bond acceptors (Lipinski definition) is 0. The third kappa shape index (κ3) is 6.33. The lowest BCUT2D eigenvalue weighted by atomic mass is 9.79. The molecule has 74 heavy (non-hydrogen) atoms. The molecule has 0 nitrogen and oxygen atoms in total. The van der Waals surface area contributed by atoms with Crippen molar-refractivity contribution in [3.8, 4) is 89.0 Å². The summed E-state index contributed by atoms with van der Waals surface area (Å²) in [6, 6.07) is 73.2. The molecule has 4 aliphatic carbocycles. The van der Waals surface area contributed by atoms with Gasteiger partial charge in [0, 0.05) is 21.7 Å². The van der Waals surface area contributed by atoms with Gasteiger partial charge in [-0.05, 0) is 204 Å². The van der Waals surface area contributed by atoms with Gasteiger partial charge in [0.1, 0.15) is 0 Å². The first-order valence-corrected chi connectivity index (χ1v) is 27.0. The van der Waals surface area contributed by atoms with Crippen molar-refractivity contribution in [2.75, 3.05) is 0 Å². The molecule has 0 spiro atoms. The molecule has 0 heteroatoms. The van der Waals surface area contributed by atoms with E-state index >= 15 is 0 Å². The maximum Gasteiger partial charge on any atom is 0.0159 e. The minimum absolute atomic E-state index is 0.0258. The Morgan fingerprint density at radius 1 is 0.230 bits per heavy atom. The van der Waals surface area contributed by atoms with E-state index in [1.54, 1.807) is 0 Å². The van der Waals surface area contributed by atoms with E-state index < -0.39 is 0 Å². The van der Waals surface area contributed by atoms with Crippen molar-refractivity contribution in [1.82, 2.24) is 0 Å². The molecule has 10 aromatic carbocycles. The van der Waals surface area contributed by atoms with Gasteiger partial charge in [0.25, 0.3) is 0 Å². The van der Waals surface area contributed by atoms with E-state index in [1.807, 2.05) is 0 Å². The zero-order valence-electron chi connectivity index (χ0n) is 44.9. The molecule has 0 aliphatic heterocycles. The van der Waals surface area contributed by atoms with Crippen LogP contribution in [-0.2, 0) is 27.1 Å². The van der Waals surface area contributed by atoms with Crippen LogP contribution in [0.15, 0.2) is 188 Å². The molecule has 0 saturated heterocycles. The summed E-state index contributed by atoms with van der Waals surface area (Å²) >= 11 is 0. The second-order valence-corrected chi connectivity index (χ2v) is 25.4. The van der Waals surface area contributed by atoms with Crippen molar-refractivity contribution in [2.45, 2.75) is 103 Å². The first kappa shape index (κ1) is 45.1. The lowest BCUT2D eigenvalue weighted by Gasteiger charge is -2.24. The van der Waals surface area contributed by atoms with E-state index in [2.05, 4.69) is 264 Å². The quantitative estimate of drug-likeness (QED) is 0.165. The van der Waals surface area contributed by atoms with Crippen molar-refractivity contribution < 1.29 is 0 Å². The van der Waals surface area contributed by atoms with E-state index in [4.69, 9.17) is 0 Å². The van der Waals surface area contributed by atoms with Crippen molar-refractivity contribution in [3.63, 3.8) is 0 Å². The molecule has 0 heterocycles. The average molecular weight is 953 g/mol. The Balaban J connectivity index is 0.739. The van der Waals surface area contributed by atoms with Crippen LogP contribution in [0.4, 0.5) is 0 Å². The summed E-state index contributed by atoms with van der Waals surface area (Å²) in [6.45, 7) is 26.1. The van der Waals surface area contributed by atoms with Gasteiger partial charge in [-0.3, -0.25) is 0 Å². The Kier molecular flexibility index (Phi) is 9.17. The van der Waals surface area contributed by atoms with Crippen LogP contribution in [0.1, 0.15) is 126 Å². The van der Waals surface area contributed by atoms with Gasteiger partial charge in [-0.1, -0.05) is 216 Å². The SMILES string of the molecule is CC(C)(C)c1ccc2cc(-c3ccc4c(c3)C(C)(C)c3cc(-c5ccc6c(c5)C(C)(C)c5cc(-c7ccc8c(c7)C(C)(C)c7cc(-c9ccc%10c(c9)C(C)(C)c9ccccc9-%10)ccc7-8)ccc5-6)ccc3-4)ccc2c1. The highest BCUT2D eigenvalue weighted by atomic mass is 14.4. The van der Waals surface area contributed by atoms with Gasteiger partial charge in [0.2, 0.25) is 0 Å². The van der Waals surface area contributed by atoms with Crippen molar-refractivity contribution >= 4 is 10.8 Å². The van der Waals surface area contributed by atoms with E-state index in [-0.39, 0.29) is 27.1 Å². The van der Waals surface area contributed by atoms with Gasteiger partial charge >= 0.3 is 0 Å². The van der Waals surface area contributed by atoms with E-state index in [1.165, 1.54) is 150 Å². The maximum absolute atomic E-state index is 2.49. The summed E-state index contributed by atoms with van der Waals surface area (Å²) in [7, 11) is 0. The molecule has 0 N–H and O–H groups in total. The molecule has 0 radical (unpaired) electrons. The van der Waals surface area contributed by atoms with Gasteiger partial charge in [-0.2, -0.15) is 0 Å². The molecule has 4 aliphatic rings. The zero-order chi connectivity index (χ0) is 51.0. The van der Waals surface area contributed by atoms with Crippen molar-refractivity contribution in [1.29, 1.82) is 0 Å². The Hall–Kier alpha value is -7.54. The normalized spacial score (nSPS) is 16.2. The van der Waals surface area contributed by atoms with Crippen molar-refractivity contribution in [3.05, 3.63) is 238 Å². The highest BCUT2D eigenvalue weighted by molar-refractivity contribution is 5.93. The third-order valence-corrected chi connectivity index (χ3v) is 18.7. The minimum Gasteiger partial charge on any atom is -0.0619 e. The van der Waals surface area contributed by atoms with Gasteiger partial charge < -0.3 is 0 Å². The Morgan fingerprint density at radius 2 is 0.473 bits per heavy atom. The first-order chi connectivity index (χ1) is 35.3. The topological polar surface area (TPSA) is 0 Å². The maximum atomic E-state index is 2.49. The Bertz CT molecular complexity index is 4100. The predicted molar refractivity (Wildman–Crippen MR) is 315 cm³/mol. The molecular weight excluding hydrogens is 889 g/mol. The molecule has 0 atom stereocenters. The van der Waals surface area contributed by atoms with Gasteiger partial charge in [-0.25, -0.2) is 0 Å². The van der Waals surface area contributed by atoms with Crippen LogP contribution < -0.4 is 0 Å². The first-order valence-electron chi connectivity index (χ1n) is 27.0. The minimum atomic E-state index is -0.158. The molecule has 10 aromatic rings. The molecule has 0 saturated carbocycles. The van der Waals surface area contributed by atoms with Crippen molar-refractivity contribution in [2.24, 2.45) is 0 Å². The number of hydrogen-bond donors (Lipinski definition) is 0. The van der Waals surface area contributed by atoms with Gasteiger partial charge in [0.15, 0.2) is 0 Å². The second kappa shape index (κ2) is 15.0. The summed E-state index contributed by atoms with van der Waals surface area (Å²) in [4.78, 5) is 0. The molecule has 0 fully saturated rings. The fourth-order valence-electron chi connectivity index (χ4n) is 14.1. The average Bonchev–Trinajstić information content (AvgIpc) is 3.97. The Labute approximate surface area is 438 Å². The lowest BCUT2D eigenvalue weighted by Crippen LogP contribution is -2.16. The molecule has 0 bridgehead atoms. The monoisotopic (exact) mass is 953 g/mol. The van der Waals surface area contributed by atoms with E-state index in [0.29, 0.717) is 0 Å². The smallest absolute Gasteiger partial charge is 0.0159 e. The summed E-state index contributed by atoms with van der Waals surface area (Å²) < 4.78 is 0. The second-order valence-electron chi connectivity index (χ2n) is 25.4. The third-order valence-electron chi connectivity index (χ3n) is 18.7. The van der Waals surface area contributed by atoms with Crippen LogP contribution in [0.25, 0.3) is 99.8 Å². The van der Waals surface area contributed by atoms with Crippen LogP contribution in [0.2, 0.25) is 0 Å². The Morgan fingerprint density at radius 3 is 0.797 bits per heavy atom. The molecular formula is C74H64. The summed E-state index contributed by atoms with van der Waals surface area (Å²) in [6.07, 6.45) is 0. The predicted octanol–water partition coefficient (Wildman–Crippen LogP) is 20.0. The molecule has 0 amide bonds. The van der Waals surface area contributed by atoms with Crippen LogP contribution in [0.5, 0.6) is 0 Å². The zero-order valence-corrected chi connectivity index (χ0v) is 44.9. The molecule has 360 valence electrons. The van der Waals surface area contributed by atoms with Gasteiger partial charge in [0.05, 0.1) is 0 Å². The fraction of sp³-hybridized carbons (Fsp3) is 0.216. The number of rotatable bonds is 4. The molecule has 14 rings (SSSR count). The molecule has 0 unspecified atom stereocenters. The summed E-state index contributed by atoms with van der Waals surface area (Å²) in [5.74, 6) is 0. The highest BCUT2D eigenvalue weighted by Gasteiger charge is 2.40. The largest absolute Gasteiger partial charge is 0.0619 e. The number of benzene rings is 10.